The van der Waals surface area contributed by atoms with Crippen LogP contribution in [-0.4, -0.2) is 30.2 Å². The smallest absolute Gasteiger partial charge is 0.294 e. The Kier molecular flexibility index (Phi) is 5.21. The number of anilines is 2. The number of nitrogens with two attached hydrogens (primary N) is 1. The van der Waals surface area contributed by atoms with E-state index < -0.39 is 6.04 Å². The number of aryl methyl sites for hydroxylation is 3. The van der Waals surface area contributed by atoms with Gasteiger partial charge in [-0.2, -0.15) is 5.10 Å². The molecule has 1 aliphatic heterocycles. The highest BCUT2D eigenvalue weighted by Crippen LogP contribution is 2.24. The van der Waals surface area contributed by atoms with Crippen molar-refractivity contribution in [2.45, 2.75) is 38.9 Å². The van der Waals surface area contributed by atoms with E-state index in [1.165, 1.54) is 0 Å². The molecule has 0 aromatic carbocycles. The molecule has 4 rings (SSSR count). The molecule has 0 unspecified atom stereocenters. The van der Waals surface area contributed by atoms with Gasteiger partial charge in [-0.25, -0.2) is 9.97 Å². The summed E-state index contributed by atoms with van der Waals surface area (Å²) in [7, 11) is 1.83. The summed E-state index contributed by atoms with van der Waals surface area (Å²) in [5.74, 6) is 0.468. The van der Waals surface area contributed by atoms with Gasteiger partial charge in [0.1, 0.15) is 11.9 Å². The molecule has 0 spiro atoms. The average molecular weight is 408 g/mol. The Labute approximate surface area is 173 Å². The van der Waals surface area contributed by atoms with Gasteiger partial charge in [-0.15, -0.1) is 0 Å². The summed E-state index contributed by atoms with van der Waals surface area (Å²) >= 11 is 0. The van der Waals surface area contributed by atoms with Crippen LogP contribution in [0.2, 0.25) is 0 Å². The molecule has 4 heterocycles. The van der Waals surface area contributed by atoms with Crippen LogP contribution in [0.3, 0.4) is 0 Å². The molecule has 4 N–H and O–H groups in total. The van der Waals surface area contributed by atoms with Crippen LogP contribution < -0.4 is 21.9 Å². The van der Waals surface area contributed by atoms with E-state index in [-0.39, 0.29) is 17.3 Å². The normalized spacial score (nSPS) is 15.1. The van der Waals surface area contributed by atoms with Crippen molar-refractivity contribution >= 4 is 17.5 Å². The number of hydrogen-bond acceptors (Lipinski definition) is 7. The van der Waals surface area contributed by atoms with E-state index in [0.29, 0.717) is 31.7 Å². The Morgan fingerprint density at radius 1 is 1.30 bits per heavy atom. The van der Waals surface area contributed by atoms with Crippen LogP contribution in [0, 0.1) is 6.92 Å². The van der Waals surface area contributed by atoms with Crippen molar-refractivity contribution in [3.8, 4) is 0 Å². The third kappa shape index (κ3) is 3.88. The van der Waals surface area contributed by atoms with E-state index >= 15 is 0 Å². The van der Waals surface area contributed by atoms with Crippen LogP contribution in [-0.2, 0) is 31.4 Å². The Balaban J connectivity index is 1.48. The summed E-state index contributed by atoms with van der Waals surface area (Å²) in [5, 5.41) is 10.1. The third-order valence-electron chi connectivity index (χ3n) is 5.25. The topological polar surface area (TPSA) is 133 Å². The fraction of sp³-hybridized carbons (Fsp3) is 0.350. The van der Waals surface area contributed by atoms with Crippen LogP contribution in [0.5, 0.6) is 0 Å². The zero-order chi connectivity index (χ0) is 21.3. The molecule has 0 radical (unpaired) electrons. The molecule has 0 aliphatic carbocycles. The Morgan fingerprint density at radius 2 is 2.13 bits per heavy atom. The number of hydrogen-bond donors (Lipinski definition) is 3. The van der Waals surface area contributed by atoms with Crippen LogP contribution in [0.4, 0.5) is 11.6 Å². The van der Waals surface area contributed by atoms with E-state index in [1.807, 2.05) is 26.2 Å². The molecule has 0 saturated carbocycles. The number of fused-ring (bicyclic) bond motifs is 1. The molecule has 0 saturated heterocycles. The van der Waals surface area contributed by atoms with Crippen LogP contribution in [0.25, 0.3) is 0 Å². The fourth-order valence-corrected chi connectivity index (χ4v) is 3.66. The first-order valence-electron chi connectivity index (χ1n) is 9.74. The van der Waals surface area contributed by atoms with Crippen LogP contribution >= 0.6 is 0 Å². The van der Waals surface area contributed by atoms with E-state index in [1.54, 1.807) is 27.7 Å². The van der Waals surface area contributed by atoms with Gasteiger partial charge in [0.25, 0.3) is 5.56 Å². The maximum absolute atomic E-state index is 13.0. The molecule has 1 aliphatic rings. The number of nitrogen functional groups attached to an aromatic ring is 1. The van der Waals surface area contributed by atoms with Gasteiger partial charge < -0.3 is 16.4 Å². The Hall–Kier alpha value is -3.69. The number of carbonyl (C=O) groups excluding carboxylic acids is 1. The summed E-state index contributed by atoms with van der Waals surface area (Å²) < 4.78 is 3.24. The molecule has 10 nitrogen and oxygen atoms in total. The summed E-state index contributed by atoms with van der Waals surface area (Å²) in [6.45, 7) is 2.60. The first-order valence-corrected chi connectivity index (χ1v) is 9.74. The van der Waals surface area contributed by atoms with Crippen molar-refractivity contribution in [3.05, 3.63) is 63.6 Å². The first kappa shape index (κ1) is 19.6. The first-order chi connectivity index (χ1) is 14.4. The van der Waals surface area contributed by atoms with Crippen molar-refractivity contribution in [2.75, 3.05) is 11.1 Å². The minimum Gasteiger partial charge on any atom is -0.384 e. The van der Waals surface area contributed by atoms with E-state index in [0.717, 1.165) is 22.5 Å². The van der Waals surface area contributed by atoms with Crippen molar-refractivity contribution in [3.63, 3.8) is 0 Å². The molecule has 1 atom stereocenters. The number of carbonyl (C=O) groups is 1. The minimum absolute atomic E-state index is 0.198. The van der Waals surface area contributed by atoms with Gasteiger partial charge in [0, 0.05) is 49.5 Å². The lowest BCUT2D eigenvalue weighted by Crippen LogP contribution is -2.36. The maximum Gasteiger partial charge on any atom is 0.294 e. The van der Waals surface area contributed by atoms with Gasteiger partial charge in [0.15, 0.2) is 5.82 Å². The predicted molar refractivity (Wildman–Crippen MR) is 112 cm³/mol. The molecule has 3 aromatic heterocycles. The van der Waals surface area contributed by atoms with Gasteiger partial charge in [0.2, 0.25) is 5.91 Å². The lowest BCUT2D eigenvalue weighted by Gasteiger charge is -2.16. The maximum atomic E-state index is 13.0. The van der Waals surface area contributed by atoms with E-state index in [2.05, 4.69) is 25.7 Å². The quantitative estimate of drug-likeness (QED) is 0.546. The molecular weight excluding hydrogens is 384 g/mol. The van der Waals surface area contributed by atoms with E-state index in [4.69, 9.17) is 5.73 Å². The van der Waals surface area contributed by atoms with Gasteiger partial charge in [-0.05, 0) is 31.4 Å². The summed E-state index contributed by atoms with van der Waals surface area (Å²) in [5.41, 5.74) is 8.74. The molecule has 3 aromatic rings. The summed E-state index contributed by atoms with van der Waals surface area (Å²) in [4.78, 5) is 34.3. The second-order valence-corrected chi connectivity index (χ2v) is 7.40. The Morgan fingerprint density at radius 3 is 2.87 bits per heavy atom. The number of pyridine rings is 1. The second-order valence-electron chi connectivity index (χ2n) is 7.40. The Bertz CT molecular complexity index is 1150. The van der Waals surface area contributed by atoms with Crippen molar-refractivity contribution < 1.29 is 4.79 Å². The minimum atomic E-state index is -0.559. The van der Waals surface area contributed by atoms with Gasteiger partial charge in [0.05, 0.1) is 6.20 Å². The highest BCUT2D eigenvalue weighted by atomic mass is 16.2. The molecule has 1 amide bonds. The molecule has 30 heavy (non-hydrogen) atoms. The number of rotatable bonds is 6. The molecule has 156 valence electrons. The molecular formula is C20H24N8O2. The highest BCUT2D eigenvalue weighted by Gasteiger charge is 2.30. The largest absolute Gasteiger partial charge is 0.384 e. The standard InChI is InChI=1S/C20H24N8O2/c1-12-14(3-6-17(21)26-12)9-24-19(29)16-5-4-15-10-23-18(20(30)28(15)16)22-7-13-8-25-27(2)11-13/h3,6,8,10-11,16H,4-5,7,9H2,1-2H3,(H2,21,26)(H,22,23)(H,24,29)/t16-/m0/s1. The van der Waals surface area contributed by atoms with Gasteiger partial charge >= 0.3 is 0 Å². The van der Waals surface area contributed by atoms with Gasteiger partial charge in [-0.3, -0.25) is 18.8 Å². The number of amides is 1. The molecule has 0 fully saturated rings. The fourth-order valence-electron chi connectivity index (χ4n) is 3.66. The third-order valence-corrected chi connectivity index (χ3v) is 5.25. The molecule has 0 bridgehead atoms. The number of nitrogens with zero attached hydrogens (tertiary/aromatic N) is 5. The monoisotopic (exact) mass is 408 g/mol. The van der Waals surface area contributed by atoms with Gasteiger partial charge in [-0.1, -0.05) is 6.07 Å². The number of nitrogens with one attached hydrogen (secondary N) is 2. The molecule has 10 heteroatoms. The summed E-state index contributed by atoms with van der Waals surface area (Å²) in [6, 6.07) is 2.99. The second kappa shape index (κ2) is 7.97. The van der Waals surface area contributed by atoms with E-state index in [9.17, 15) is 9.59 Å². The van der Waals surface area contributed by atoms with Crippen LogP contribution in [0.1, 0.15) is 35.0 Å². The zero-order valence-corrected chi connectivity index (χ0v) is 16.9. The average Bonchev–Trinajstić information content (AvgIpc) is 3.33. The van der Waals surface area contributed by atoms with Crippen molar-refractivity contribution in [1.82, 2.24) is 29.6 Å². The zero-order valence-electron chi connectivity index (χ0n) is 16.9. The lowest BCUT2D eigenvalue weighted by atomic mass is 10.1. The number of aromatic nitrogens is 5. The SMILES string of the molecule is Cc1nc(N)ccc1CNC(=O)[C@@H]1CCc2cnc(NCc3cnn(C)c3)c(=O)n21. The van der Waals surface area contributed by atoms with Crippen LogP contribution in [0.15, 0.2) is 35.5 Å². The lowest BCUT2D eigenvalue weighted by molar-refractivity contribution is -0.124. The summed E-state index contributed by atoms with van der Waals surface area (Å²) in [6.07, 6.45) is 6.44. The predicted octanol–water partition coefficient (Wildman–Crippen LogP) is 0.678. The highest BCUT2D eigenvalue weighted by molar-refractivity contribution is 5.81. The van der Waals surface area contributed by atoms with Crippen molar-refractivity contribution in [2.24, 2.45) is 7.05 Å². The van der Waals surface area contributed by atoms with Crippen molar-refractivity contribution in [1.29, 1.82) is 0 Å².